The highest BCUT2D eigenvalue weighted by Gasteiger charge is 2.25. The van der Waals surface area contributed by atoms with Gasteiger partial charge < -0.3 is 9.88 Å². The maximum absolute atomic E-state index is 14.0. The van der Waals surface area contributed by atoms with E-state index >= 15 is 0 Å². The first kappa shape index (κ1) is 22.6. The molecule has 4 rings (SSSR count). The van der Waals surface area contributed by atoms with Gasteiger partial charge >= 0.3 is 0 Å². The molecule has 2 aromatic rings. The Labute approximate surface area is 181 Å². The molecule has 2 saturated carbocycles. The average molecular weight is 413 g/mol. The van der Waals surface area contributed by atoms with Crippen molar-refractivity contribution >= 4 is 5.91 Å². The maximum atomic E-state index is 14.0. The van der Waals surface area contributed by atoms with E-state index in [-0.39, 0.29) is 17.8 Å². The summed E-state index contributed by atoms with van der Waals surface area (Å²) in [6, 6.07) is 7.18. The molecule has 2 aliphatic carbocycles. The zero-order chi connectivity index (χ0) is 21.7. The Hall–Kier alpha value is -2.10. The largest absolute Gasteiger partial charge is 0.349 e. The van der Waals surface area contributed by atoms with Gasteiger partial charge in [0.1, 0.15) is 5.82 Å². The van der Waals surface area contributed by atoms with Crippen LogP contribution >= 0.6 is 0 Å². The summed E-state index contributed by atoms with van der Waals surface area (Å²) in [6.07, 6.45) is 9.55. The van der Waals surface area contributed by atoms with Gasteiger partial charge in [-0.2, -0.15) is 0 Å². The van der Waals surface area contributed by atoms with E-state index in [0.29, 0.717) is 0 Å². The fourth-order valence-electron chi connectivity index (χ4n) is 4.48. The van der Waals surface area contributed by atoms with E-state index < -0.39 is 0 Å². The number of aryl methyl sites for hydroxylation is 1. The molecule has 1 aromatic carbocycles. The first-order valence-corrected chi connectivity index (χ1v) is 11.8. The summed E-state index contributed by atoms with van der Waals surface area (Å²) >= 11 is 0. The lowest BCUT2D eigenvalue weighted by Crippen LogP contribution is -2.36. The van der Waals surface area contributed by atoms with Gasteiger partial charge in [-0.1, -0.05) is 52.0 Å². The Balaban J connectivity index is 0.00000124. The molecule has 2 fully saturated rings. The number of hydrogen-bond donors (Lipinski definition) is 1. The van der Waals surface area contributed by atoms with Gasteiger partial charge in [0, 0.05) is 29.5 Å². The molecular formula is C26H37FN2O. The van der Waals surface area contributed by atoms with Crippen molar-refractivity contribution in [3.05, 3.63) is 46.9 Å². The number of amides is 1. The van der Waals surface area contributed by atoms with Crippen LogP contribution in [0.5, 0.6) is 0 Å². The number of halogens is 1. The minimum atomic E-state index is -0.235. The monoisotopic (exact) mass is 412 g/mol. The summed E-state index contributed by atoms with van der Waals surface area (Å²) in [7, 11) is 0. The highest BCUT2D eigenvalue weighted by molar-refractivity contribution is 5.97. The SMILES string of the molecule is CC.Cc1ccc(F)cc1-c1cc(C(=O)NC2CCCCC2)c(C)n1CCC1CC1. The molecule has 1 aromatic heterocycles. The van der Waals surface area contributed by atoms with E-state index in [9.17, 15) is 9.18 Å². The molecule has 0 atom stereocenters. The standard InChI is InChI=1S/C24H31FN2O.C2H6/c1-16-8-11-19(25)14-21(16)23-15-22(17(2)27(23)13-12-18-9-10-18)24(28)26-20-6-4-3-5-7-20;1-2/h8,11,14-15,18,20H,3-7,9-10,12-13H2,1-2H3,(H,26,28);1-2H3. The van der Waals surface area contributed by atoms with Crippen LogP contribution in [0.1, 0.15) is 86.8 Å². The number of carbonyl (C=O) groups is 1. The molecule has 4 heteroatoms. The molecule has 1 N–H and O–H groups in total. The topological polar surface area (TPSA) is 34.0 Å². The molecule has 0 radical (unpaired) electrons. The fraction of sp³-hybridized carbons (Fsp3) is 0.577. The summed E-state index contributed by atoms with van der Waals surface area (Å²) < 4.78 is 16.2. The summed E-state index contributed by atoms with van der Waals surface area (Å²) in [6.45, 7) is 8.92. The van der Waals surface area contributed by atoms with Crippen LogP contribution < -0.4 is 5.32 Å². The van der Waals surface area contributed by atoms with Crippen LogP contribution in [-0.4, -0.2) is 16.5 Å². The Morgan fingerprint density at radius 1 is 1.07 bits per heavy atom. The lowest BCUT2D eigenvalue weighted by atomic mass is 9.95. The van der Waals surface area contributed by atoms with E-state index in [4.69, 9.17) is 0 Å². The molecule has 1 heterocycles. The Morgan fingerprint density at radius 3 is 2.43 bits per heavy atom. The number of aromatic nitrogens is 1. The van der Waals surface area contributed by atoms with Crippen molar-refractivity contribution in [2.24, 2.45) is 5.92 Å². The smallest absolute Gasteiger partial charge is 0.253 e. The van der Waals surface area contributed by atoms with Gasteiger partial charge in [-0.3, -0.25) is 4.79 Å². The molecular weight excluding hydrogens is 375 g/mol. The third-order valence-corrected chi connectivity index (χ3v) is 6.48. The number of benzene rings is 1. The number of rotatable bonds is 6. The second kappa shape index (κ2) is 10.3. The van der Waals surface area contributed by atoms with E-state index in [1.807, 2.05) is 39.8 Å². The second-order valence-corrected chi connectivity index (χ2v) is 8.68. The van der Waals surface area contributed by atoms with E-state index in [0.717, 1.165) is 59.8 Å². The number of carbonyl (C=O) groups excluding carboxylic acids is 1. The molecule has 2 aliphatic rings. The molecule has 0 bridgehead atoms. The third kappa shape index (κ3) is 5.33. The molecule has 0 aliphatic heterocycles. The van der Waals surface area contributed by atoms with Crippen molar-refractivity contribution < 1.29 is 9.18 Å². The number of nitrogens with one attached hydrogen (secondary N) is 1. The van der Waals surface area contributed by atoms with Crippen LogP contribution in [0.15, 0.2) is 24.3 Å². The summed E-state index contributed by atoms with van der Waals surface area (Å²) in [5.41, 5.74) is 4.61. The predicted octanol–water partition coefficient (Wildman–Crippen LogP) is 6.80. The first-order chi connectivity index (χ1) is 14.5. The third-order valence-electron chi connectivity index (χ3n) is 6.48. The highest BCUT2D eigenvalue weighted by atomic mass is 19.1. The van der Waals surface area contributed by atoms with Gasteiger partial charge in [0.25, 0.3) is 5.91 Å². The molecule has 0 spiro atoms. The van der Waals surface area contributed by atoms with Crippen LogP contribution in [0.4, 0.5) is 4.39 Å². The van der Waals surface area contributed by atoms with Crippen molar-refractivity contribution in [3.8, 4) is 11.3 Å². The summed E-state index contributed by atoms with van der Waals surface area (Å²) in [5.74, 6) is 0.592. The van der Waals surface area contributed by atoms with Gasteiger partial charge in [0.05, 0.1) is 5.56 Å². The maximum Gasteiger partial charge on any atom is 0.253 e. The second-order valence-electron chi connectivity index (χ2n) is 8.68. The zero-order valence-electron chi connectivity index (χ0n) is 19.1. The normalized spacial score (nSPS) is 16.7. The van der Waals surface area contributed by atoms with Gasteiger partial charge in [-0.25, -0.2) is 4.39 Å². The minimum absolute atomic E-state index is 0.0184. The zero-order valence-corrected chi connectivity index (χ0v) is 19.1. The van der Waals surface area contributed by atoms with Gasteiger partial charge in [-0.05, 0) is 62.8 Å². The molecule has 0 saturated heterocycles. The predicted molar refractivity (Wildman–Crippen MR) is 122 cm³/mol. The van der Waals surface area contributed by atoms with E-state index in [1.165, 1.54) is 38.2 Å². The van der Waals surface area contributed by atoms with Gasteiger partial charge in [0.15, 0.2) is 0 Å². The Bertz CT molecular complexity index is 860. The van der Waals surface area contributed by atoms with Crippen molar-refractivity contribution in [3.63, 3.8) is 0 Å². The van der Waals surface area contributed by atoms with Gasteiger partial charge in [-0.15, -0.1) is 0 Å². The lowest BCUT2D eigenvalue weighted by molar-refractivity contribution is 0.0927. The Morgan fingerprint density at radius 2 is 1.77 bits per heavy atom. The molecule has 164 valence electrons. The molecule has 1 amide bonds. The quantitative estimate of drug-likeness (QED) is 0.556. The molecule has 0 unspecified atom stereocenters. The molecule has 30 heavy (non-hydrogen) atoms. The minimum Gasteiger partial charge on any atom is -0.349 e. The van der Waals surface area contributed by atoms with Crippen LogP contribution in [-0.2, 0) is 6.54 Å². The fourth-order valence-corrected chi connectivity index (χ4v) is 4.48. The summed E-state index contributed by atoms with van der Waals surface area (Å²) in [5, 5.41) is 3.24. The van der Waals surface area contributed by atoms with Crippen LogP contribution in [0, 0.1) is 25.6 Å². The van der Waals surface area contributed by atoms with Crippen LogP contribution in [0.2, 0.25) is 0 Å². The number of nitrogens with zero attached hydrogens (tertiary/aromatic N) is 1. The highest BCUT2D eigenvalue weighted by Crippen LogP contribution is 2.35. The summed E-state index contributed by atoms with van der Waals surface area (Å²) in [4.78, 5) is 13.0. The van der Waals surface area contributed by atoms with Crippen LogP contribution in [0.3, 0.4) is 0 Å². The number of hydrogen-bond acceptors (Lipinski definition) is 1. The Kier molecular flexibility index (Phi) is 7.74. The van der Waals surface area contributed by atoms with Gasteiger partial charge in [0.2, 0.25) is 0 Å². The van der Waals surface area contributed by atoms with Crippen LogP contribution in [0.25, 0.3) is 11.3 Å². The van der Waals surface area contributed by atoms with E-state index in [2.05, 4.69) is 9.88 Å². The van der Waals surface area contributed by atoms with Crippen molar-refractivity contribution in [1.29, 1.82) is 0 Å². The first-order valence-electron chi connectivity index (χ1n) is 11.8. The lowest BCUT2D eigenvalue weighted by Gasteiger charge is -2.22. The van der Waals surface area contributed by atoms with Crippen molar-refractivity contribution in [2.75, 3.05) is 0 Å². The van der Waals surface area contributed by atoms with Crippen molar-refractivity contribution in [1.82, 2.24) is 9.88 Å². The van der Waals surface area contributed by atoms with Crippen molar-refractivity contribution in [2.45, 2.75) is 91.6 Å². The molecule has 3 nitrogen and oxygen atoms in total. The average Bonchev–Trinajstić information content (AvgIpc) is 3.53. The van der Waals surface area contributed by atoms with E-state index in [1.54, 1.807) is 6.07 Å².